The average molecular weight is 201 g/mol. The lowest BCUT2D eigenvalue weighted by Crippen LogP contribution is -2.25. The summed E-state index contributed by atoms with van der Waals surface area (Å²) in [4.78, 5) is 0. The van der Waals surface area contributed by atoms with Crippen molar-refractivity contribution in [3.8, 4) is 0 Å². The van der Waals surface area contributed by atoms with Crippen LogP contribution < -0.4 is 5.32 Å². The Bertz CT molecular complexity index is 119. The van der Waals surface area contributed by atoms with Crippen molar-refractivity contribution in [2.75, 3.05) is 33.4 Å². The molecule has 0 aliphatic carbocycles. The van der Waals surface area contributed by atoms with E-state index in [-0.39, 0.29) is 13.2 Å². The van der Waals surface area contributed by atoms with Crippen molar-refractivity contribution >= 4 is 0 Å². The van der Waals surface area contributed by atoms with Crippen LogP contribution in [0.4, 0.5) is 13.2 Å². The fraction of sp³-hybridized carbons (Fsp3) is 1.00. The van der Waals surface area contributed by atoms with Gasteiger partial charge in [-0.15, -0.1) is 13.2 Å². The minimum atomic E-state index is -4.52. The largest absolute Gasteiger partial charge is 0.522 e. The summed E-state index contributed by atoms with van der Waals surface area (Å²) in [5, 5.41) is 2.79. The Balaban J connectivity index is 3.00. The summed E-state index contributed by atoms with van der Waals surface area (Å²) < 4.78 is 42.5. The third-order valence-corrected chi connectivity index (χ3v) is 1.25. The maximum absolute atomic E-state index is 11.4. The molecule has 0 aromatic heterocycles. The van der Waals surface area contributed by atoms with Crippen LogP contribution in [0.2, 0.25) is 0 Å². The molecule has 13 heavy (non-hydrogen) atoms. The van der Waals surface area contributed by atoms with E-state index in [2.05, 4.69) is 10.1 Å². The molecule has 0 aliphatic rings. The van der Waals surface area contributed by atoms with Crippen molar-refractivity contribution in [1.29, 1.82) is 0 Å². The minimum Gasteiger partial charge on any atom is -0.385 e. The monoisotopic (exact) mass is 201 g/mol. The van der Waals surface area contributed by atoms with Gasteiger partial charge in [-0.25, -0.2) is 0 Å². The van der Waals surface area contributed by atoms with Crippen LogP contribution in [0.5, 0.6) is 0 Å². The van der Waals surface area contributed by atoms with Crippen LogP contribution in [0.15, 0.2) is 0 Å². The molecule has 0 aliphatic heterocycles. The van der Waals surface area contributed by atoms with Gasteiger partial charge in [0.25, 0.3) is 0 Å². The maximum atomic E-state index is 11.4. The minimum absolute atomic E-state index is 0.198. The summed E-state index contributed by atoms with van der Waals surface area (Å²) in [6, 6.07) is 0. The predicted molar refractivity (Wildman–Crippen MR) is 41.4 cm³/mol. The maximum Gasteiger partial charge on any atom is 0.522 e. The third kappa shape index (κ3) is 11.7. The van der Waals surface area contributed by atoms with Crippen LogP contribution in [-0.2, 0) is 9.47 Å². The van der Waals surface area contributed by atoms with Crippen molar-refractivity contribution in [3.63, 3.8) is 0 Å². The standard InChI is InChI=1S/C7H14F3NO2/c1-12-5-2-3-11-4-6-13-7(8,9)10/h11H,2-6H2,1H3. The molecule has 0 spiro atoms. The van der Waals surface area contributed by atoms with Gasteiger partial charge in [-0.3, -0.25) is 4.74 Å². The quantitative estimate of drug-likeness (QED) is 0.627. The number of alkyl halides is 3. The third-order valence-electron chi connectivity index (χ3n) is 1.25. The SMILES string of the molecule is COCCCNCCOC(F)(F)F. The zero-order valence-corrected chi connectivity index (χ0v) is 7.49. The van der Waals surface area contributed by atoms with Gasteiger partial charge in [0.1, 0.15) is 0 Å². The number of hydrogen-bond acceptors (Lipinski definition) is 3. The first kappa shape index (κ1) is 12.7. The Morgan fingerprint density at radius 1 is 1.15 bits per heavy atom. The molecule has 0 unspecified atom stereocenters. The molecule has 80 valence electrons. The molecule has 0 amide bonds. The summed E-state index contributed by atoms with van der Waals surface area (Å²) >= 11 is 0. The number of hydrogen-bond donors (Lipinski definition) is 1. The van der Waals surface area contributed by atoms with Crippen molar-refractivity contribution < 1.29 is 22.6 Å². The van der Waals surface area contributed by atoms with E-state index in [4.69, 9.17) is 4.74 Å². The summed E-state index contributed by atoms with van der Waals surface area (Å²) in [5.41, 5.74) is 0. The normalized spacial score (nSPS) is 12.0. The van der Waals surface area contributed by atoms with Gasteiger partial charge in [-0.2, -0.15) is 0 Å². The van der Waals surface area contributed by atoms with E-state index in [0.29, 0.717) is 13.2 Å². The lowest BCUT2D eigenvalue weighted by atomic mass is 10.4. The Labute approximate surface area is 75.2 Å². The molecular formula is C7H14F3NO2. The van der Waals surface area contributed by atoms with Gasteiger partial charge < -0.3 is 10.1 Å². The Morgan fingerprint density at radius 3 is 2.38 bits per heavy atom. The van der Waals surface area contributed by atoms with Crippen LogP contribution in [0, 0.1) is 0 Å². The van der Waals surface area contributed by atoms with Crippen molar-refractivity contribution in [3.05, 3.63) is 0 Å². The molecule has 0 fully saturated rings. The van der Waals surface area contributed by atoms with Crippen LogP contribution in [0.3, 0.4) is 0 Å². The van der Waals surface area contributed by atoms with E-state index in [1.165, 1.54) is 0 Å². The second-order valence-electron chi connectivity index (χ2n) is 2.39. The zero-order chi connectivity index (χ0) is 10.2. The van der Waals surface area contributed by atoms with Crippen LogP contribution >= 0.6 is 0 Å². The second kappa shape index (κ2) is 7.11. The summed E-state index contributed by atoms with van der Waals surface area (Å²) in [6.45, 7) is 1.09. The number of halogens is 3. The average Bonchev–Trinajstić information content (AvgIpc) is 2.01. The Hall–Kier alpha value is -0.330. The first-order valence-electron chi connectivity index (χ1n) is 3.96. The second-order valence-corrected chi connectivity index (χ2v) is 2.39. The Morgan fingerprint density at radius 2 is 1.85 bits per heavy atom. The van der Waals surface area contributed by atoms with Gasteiger partial charge in [-0.05, 0) is 13.0 Å². The fourth-order valence-electron chi connectivity index (χ4n) is 0.705. The lowest BCUT2D eigenvalue weighted by Gasteiger charge is -2.07. The summed E-state index contributed by atoms with van der Waals surface area (Å²) in [6.07, 6.45) is -3.74. The van der Waals surface area contributed by atoms with Crippen LogP contribution in [-0.4, -0.2) is 39.8 Å². The highest BCUT2D eigenvalue weighted by molar-refractivity contribution is 4.46. The fourth-order valence-corrected chi connectivity index (χ4v) is 0.705. The van der Waals surface area contributed by atoms with E-state index >= 15 is 0 Å². The van der Waals surface area contributed by atoms with E-state index in [1.807, 2.05) is 0 Å². The zero-order valence-electron chi connectivity index (χ0n) is 7.49. The highest BCUT2D eigenvalue weighted by Gasteiger charge is 2.28. The van der Waals surface area contributed by atoms with E-state index in [0.717, 1.165) is 6.42 Å². The molecule has 0 heterocycles. The van der Waals surface area contributed by atoms with Gasteiger partial charge in [0.15, 0.2) is 0 Å². The molecule has 0 saturated carbocycles. The smallest absolute Gasteiger partial charge is 0.385 e. The van der Waals surface area contributed by atoms with Crippen molar-refractivity contribution in [2.45, 2.75) is 12.8 Å². The molecule has 0 rings (SSSR count). The van der Waals surface area contributed by atoms with Gasteiger partial charge in [0.05, 0.1) is 6.61 Å². The number of methoxy groups -OCH3 is 1. The predicted octanol–water partition coefficient (Wildman–Crippen LogP) is 1.15. The van der Waals surface area contributed by atoms with Crippen LogP contribution in [0.1, 0.15) is 6.42 Å². The molecule has 0 aromatic carbocycles. The summed E-state index contributed by atoms with van der Waals surface area (Å²) in [5.74, 6) is 0. The topological polar surface area (TPSA) is 30.5 Å². The molecule has 6 heteroatoms. The first-order valence-corrected chi connectivity index (χ1v) is 3.96. The van der Waals surface area contributed by atoms with Gasteiger partial charge in [-0.1, -0.05) is 0 Å². The highest BCUT2D eigenvalue weighted by Crippen LogP contribution is 2.14. The number of rotatable bonds is 7. The molecule has 0 bridgehead atoms. The highest BCUT2D eigenvalue weighted by atomic mass is 19.4. The van der Waals surface area contributed by atoms with Gasteiger partial charge >= 0.3 is 6.36 Å². The van der Waals surface area contributed by atoms with E-state index in [9.17, 15) is 13.2 Å². The lowest BCUT2D eigenvalue weighted by molar-refractivity contribution is -0.323. The molecule has 0 atom stereocenters. The van der Waals surface area contributed by atoms with E-state index in [1.54, 1.807) is 7.11 Å². The molecule has 0 saturated heterocycles. The molecular weight excluding hydrogens is 187 g/mol. The number of nitrogens with one attached hydrogen (secondary N) is 1. The molecule has 0 aromatic rings. The van der Waals surface area contributed by atoms with Gasteiger partial charge in [0, 0.05) is 20.3 Å². The van der Waals surface area contributed by atoms with Crippen LogP contribution in [0.25, 0.3) is 0 Å². The van der Waals surface area contributed by atoms with E-state index < -0.39 is 6.36 Å². The molecule has 1 N–H and O–H groups in total. The molecule has 0 radical (unpaired) electrons. The van der Waals surface area contributed by atoms with Crippen molar-refractivity contribution in [2.24, 2.45) is 0 Å². The summed E-state index contributed by atoms with van der Waals surface area (Å²) in [7, 11) is 1.58. The Kier molecular flexibility index (Phi) is 6.93. The molecule has 3 nitrogen and oxygen atoms in total. The van der Waals surface area contributed by atoms with Crippen molar-refractivity contribution in [1.82, 2.24) is 5.32 Å². The van der Waals surface area contributed by atoms with Gasteiger partial charge in [0.2, 0.25) is 0 Å². The number of ether oxygens (including phenoxy) is 2. The first-order chi connectivity index (χ1) is 6.06.